The van der Waals surface area contributed by atoms with Gasteiger partial charge < -0.3 is 15.5 Å². The van der Waals surface area contributed by atoms with Crippen molar-refractivity contribution in [3.05, 3.63) is 0 Å². The normalized spacial score (nSPS) is 36.4. The number of carbonyl (C=O) groups is 1. The lowest BCUT2D eigenvalue weighted by Crippen LogP contribution is -2.58. The van der Waals surface area contributed by atoms with E-state index < -0.39 is 0 Å². The Morgan fingerprint density at radius 1 is 1.53 bits per heavy atom. The lowest BCUT2D eigenvalue weighted by atomic mass is 9.88. The predicted octanol–water partition coefficient (Wildman–Crippen LogP) is 1.37. The van der Waals surface area contributed by atoms with Crippen molar-refractivity contribution >= 4 is 5.91 Å². The monoisotopic (exact) mass is 267 g/mol. The van der Waals surface area contributed by atoms with Gasteiger partial charge in [-0.1, -0.05) is 20.3 Å². The molecule has 0 aromatic heterocycles. The van der Waals surface area contributed by atoms with Crippen molar-refractivity contribution in [2.75, 3.05) is 26.7 Å². The maximum atomic E-state index is 12.7. The summed E-state index contributed by atoms with van der Waals surface area (Å²) in [5, 5.41) is 6.79. The van der Waals surface area contributed by atoms with Crippen LogP contribution in [0.1, 0.15) is 46.0 Å². The maximum absolute atomic E-state index is 12.7. The third kappa shape index (κ3) is 3.29. The molecule has 4 heteroatoms. The summed E-state index contributed by atoms with van der Waals surface area (Å²) in [6.45, 7) is 7.56. The van der Waals surface area contributed by atoms with Crippen LogP contribution in [0.25, 0.3) is 0 Å². The van der Waals surface area contributed by atoms with E-state index in [1.54, 1.807) is 0 Å². The molecule has 4 nitrogen and oxygen atoms in total. The smallest absolute Gasteiger partial charge is 0.240 e. The van der Waals surface area contributed by atoms with Gasteiger partial charge in [-0.15, -0.1) is 0 Å². The van der Waals surface area contributed by atoms with Gasteiger partial charge >= 0.3 is 0 Å². The van der Waals surface area contributed by atoms with Gasteiger partial charge in [0.05, 0.1) is 5.54 Å². The Bertz CT molecular complexity index is 313. The van der Waals surface area contributed by atoms with Gasteiger partial charge in [-0.3, -0.25) is 4.79 Å². The van der Waals surface area contributed by atoms with Crippen molar-refractivity contribution in [3.63, 3.8) is 0 Å². The Hall–Kier alpha value is -0.610. The molecule has 2 fully saturated rings. The second-order valence-corrected chi connectivity index (χ2v) is 6.47. The SMILES string of the molecule is CCCC1(C(=O)NC2CCN(C)CC2C)CCCN1. The highest BCUT2D eigenvalue weighted by molar-refractivity contribution is 5.87. The lowest BCUT2D eigenvalue weighted by molar-refractivity contribution is -0.129. The summed E-state index contributed by atoms with van der Waals surface area (Å²) in [6, 6.07) is 0.347. The molecule has 0 aromatic carbocycles. The number of hydrogen-bond acceptors (Lipinski definition) is 3. The van der Waals surface area contributed by atoms with Crippen LogP contribution < -0.4 is 10.6 Å². The second-order valence-electron chi connectivity index (χ2n) is 6.47. The van der Waals surface area contributed by atoms with Crippen molar-refractivity contribution in [1.29, 1.82) is 0 Å². The van der Waals surface area contributed by atoms with E-state index in [1.165, 1.54) is 0 Å². The van der Waals surface area contributed by atoms with Crippen molar-refractivity contribution in [2.24, 2.45) is 5.92 Å². The second kappa shape index (κ2) is 6.23. The third-order valence-electron chi connectivity index (χ3n) is 4.78. The van der Waals surface area contributed by atoms with Gasteiger partial charge in [0, 0.05) is 12.6 Å². The molecule has 0 bridgehead atoms. The summed E-state index contributed by atoms with van der Waals surface area (Å²) in [7, 11) is 2.16. The van der Waals surface area contributed by atoms with Gasteiger partial charge in [0.15, 0.2) is 0 Å². The first-order chi connectivity index (χ1) is 9.07. The predicted molar refractivity (Wildman–Crippen MR) is 78.1 cm³/mol. The fraction of sp³-hybridized carbons (Fsp3) is 0.933. The van der Waals surface area contributed by atoms with Crippen LogP contribution >= 0.6 is 0 Å². The topological polar surface area (TPSA) is 44.4 Å². The van der Waals surface area contributed by atoms with E-state index in [1.807, 2.05) is 0 Å². The van der Waals surface area contributed by atoms with E-state index in [9.17, 15) is 4.79 Å². The summed E-state index contributed by atoms with van der Waals surface area (Å²) in [4.78, 5) is 15.0. The molecule has 0 radical (unpaired) electrons. The first kappa shape index (κ1) is 14.8. The van der Waals surface area contributed by atoms with Crippen LogP contribution in [-0.2, 0) is 4.79 Å². The zero-order valence-corrected chi connectivity index (χ0v) is 12.7. The van der Waals surface area contributed by atoms with Crippen molar-refractivity contribution in [2.45, 2.75) is 57.5 Å². The fourth-order valence-corrected chi connectivity index (χ4v) is 3.63. The van der Waals surface area contributed by atoms with Gasteiger partial charge in [0.2, 0.25) is 5.91 Å². The molecule has 2 aliphatic heterocycles. The first-order valence-corrected chi connectivity index (χ1v) is 7.82. The van der Waals surface area contributed by atoms with E-state index in [0.29, 0.717) is 12.0 Å². The molecule has 110 valence electrons. The average Bonchev–Trinajstić information content (AvgIpc) is 2.83. The number of nitrogens with zero attached hydrogens (tertiary/aromatic N) is 1. The molecular weight excluding hydrogens is 238 g/mol. The number of nitrogens with one attached hydrogen (secondary N) is 2. The number of piperidine rings is 1. The molecule has 0 spiro atoms. The van der Waals surface area contributed by atoms with Gasteiger partial charge in [-0.25, -0.2) is 0 Å². The van der Waals surface area contributed by atoms with E-state index in [-0.39, 0.29) is 11.4 Å². The molecule has 1 amide bonds. The minimum absolute atomic E-state index is 0.244. The molecule has 2 rings (SSSR count). The van der Waals surface area contributed by atoms with Crippen molar-refractivity contribution in [1.82, 2.24) is 15.5 Å². The summed E-state index contributed by atoms with van der Waals surface area (Å²) in [5.41, 5.74) is -0.280. The molecule has 3 unspecified atom stereocenters. The Labute approximate surface area is 117 Å². The fourth-order valence-electron chi connectivity index (χ4n) is 3.63. The maximum Gasteiger partial charge on any atom is 0.240 e. The first-order valence-electron chi connectivity index (χ1n) is 7.82. The highest BCUT2D eigenvalue weighted by Crippen LogP contribution is 2.26. The average molecular weight is 267 g/mol. The van der Waals surface area contributed by atoms with Gasteiger partial charge in [0.1, 0.15) is 0 Å². The van der Waals surface area contributed by atoms with Gasteiger partial charge in [-0.05, 0) is 51.7 Å². The van der Waals surface area contributed by atoms with Crippen LogP contribution in [0.3, 0.4) is 0 Å². The van der Waals surface area contributed by atoms with Crippen LogP contribution in [0, 0.1) is 5.92 Å². The lowest BCUT2D eigenvalue weighted by Gasteiger charge is -2.38. The summed E-state index contributed by atoms with van der Waals surface area (Å²) >= 11 is 0. The van der Waals surface area contributed by atoms with E-state index in [4.69, 9.17) is 0 Å². The minimum atomic E-state index is -0.280. The molecule has 0 saturated carbocycles. The number of rotatable bonds is 4. The molecule has 3 atom stereocenters. The molecule has 0 aliphatic carbocycles. The highest BCUT2D eigenvalue weighted by Gasteiger charge is 2.41. The Morgan fingerprint density at radius 3 is 2.89 bits per heavy atom. The Morgan fingerprint density at radius 2 is 2.32 bits per heavy atom. The Kier molecular flexibility index (Phi) is 4.85. The van der Waals surface area contributed by atoms with E-state index in [0.717, 1.165) is 51.7 Å². The summed E-state index contributed by atoms with van der Waals surface area (Å²) < 4.78 is 0. The molecule has 2 N–H and O–H groups in total. The zero-order valence-electron chi connectivity index (χ0n) is 12.7. The number of carbonyl (C=O) groups excluding carboxylic acids is 1. The largest absolute Gasteiger partial charge is 0.351 e. The van der Waals surface area contributed by atoms with Crippen molar-refractivity contribution in [3.8, 4) is 0 Å². The number of likely N-dealkylation sites (tertiary alicyclic amines) is 1. The van der Waals surface area contributed by atoms with Crippen LogP contribution in [0.2, 0.25) is 0 Å². The third-order valence-corrected chi connectivity index (χ3v) is 4.78. The van der Waals surface area contributed by atoms with Crippen LogP contribution in [0.4, 0.5) is 0 Å². The molecular formula is C15H29N3O. The van der Waals surface area contributed by atoms with Crippen LogP contribution in [0.15, 0.2) is 0 Å². The highest BCUT2D eigenvalue weighted by atomic mass is 16.2. The molecule has 2 heterocycles. The van der Waals surface area contributed by atoms with Gasteiger partial charge in [-0.2, -0.15) is 0 Å². The molecule has 2 saturated heterocycles. The standard InChI is InChI=1S/C15H29N3O/c1-4-7-15(8-5-9-16-15)14(19)17-13-6-10-18(3)11-12(13)2/h12-13,16H,4-11H2,1-3H3,(H,17,19). The molecule has 19 heavy (non-hydrogen) atoms. The molecule has 0 aromatic rings. The van der Waals surface area contributed by atoms with Gasteiger partial charge in [0.25, 0.3) is 0 Å². The summed E-state index contributed by atoms with van der Waals surface area (Å²) in [6.07, 6.45) is 5.21. The number of amides is 1. The van der Waals surface area contributed by atoms with Crippen molar-refractivity contribution < 1.29 is 4.79 Å². The number of hydrogen-bond donors (Lipinski definition) is 2. The van der Waals surface area contributed by atoms with E-state index in [2.05, 4.69) is 36.4 Å². The quantitative estimate of drug-likeness (QED) is 0.808. The Balaban J connectivity index is 1.95. The van der Waals surface area contributed by atoms with Crippen LogP contribution in [-0.4, -0.2) is 49.1 Å². The molecule has 2 aliphatic rings. The summed E-state index contributed by atoms with van der Waals surface area (Å²) in [5.74, 6) is 0.788. The van der Waals surface area contributed by atoms with E-state index >= 15 is 0 Å². The van der Waals surface area contributed by atoms with Crippen LogP contribution in [0.5, 0.6) is 0 Å². The minimum Gasteiger partial charge on any atom is -0.351 e. The zero-order chi connectivity index (χ0) is 13.9.